The van der Waals surface area contributed by atoms with E-state index in [-0.39, 0.29) is 23.9 Å². The molecule has 2 aliphatic rings. The first-order chi connectivity index (χ1) is 28.9. The van der Waals surface area contributed by atoms with Gasteiger partial charge in [0.05, 0.1) is 49.4 Å². The third kappa shape index (κ3) is 7.83. The molecule has 3 atom stereocenters. The molecular formula is C48H45N7O4. The van der Waals surface area contributed by atoms with E-state index in [9.17, 15) is 14.4 Å². The Morgan fingerprint density at radius 2 is 1.22 bits per heavy atom. The Hall–Kier alpha value is -7.01. The number of imidazole rings is 2. The number of amides is 3. The van der Waals surface area contributed by atoms with E-state index in [0.29, 0.717) is 18.5 Å². The van der Waals surface area contributed by atoms with Gasteiger partial charge in [-0.3, -0.25) is 9.59 Å². The molecule has 7 aromatic rings. The highest BCUT2D eigenvalue weighted by Crippen LogP contribution is 2.36. The van der Waals surface area contributed by atoms with E-state index >= 15 is 0 Å². The third-order valence-corrected chi connectivity index (χ3v) is 11.6. The number of benzene rings is 5. The maximum atomic E-state index is 13.9. The fourth-order valence-corrected chi connectivity index (χ4v) is 8.55. The number of aromatic nitrogens is 4. The molecule has 1 unspecified atom stereocenters. The third-order valence-electron chi connectivity index (χ3n) is 11.6. The molecule has 0 radical (unpaired) electrons. The Labute approximate surface area is 342 Å². The van der Waals surface area contributed by atoms with Gasteiger partial charge in [0.2, 0.25) is 5.91 Å². The second-order valence-corrected chi connectivity index (χ2v) is 15.3. The summed E-state index contributed by atoms with van der Waals surface area (Å²) >= 11 is 0. The minimum absolute atomic E-state index is 0.0468. The lowest BCUT2D eigenvalue weighted by atomic mass is 9.98. The number of hydrogen-bond donors (Lipinski definition) is 3. The standard InChI is InChI=1S/C48H45N7O4/c1-59-48(58)53-44(34-12-6-3-7-13-34)47(57)55-25-9-15-42(55)46-49-29-39(51-46)33-18-16-32(17-19-33)35-20-21-37-28-38(23-22-36(37)27-35)40-30-50-45(52-40)41-14-8-24-54(41)43(56)26-31-10-4-2-5-11-31/h2-7,10-13,16-23,27-30,41-42,44H,8-9,14-15,24-26H2,1H3,(H,49,51)(H,50,52)(H,53,58)/t41-,42-,44?/m0/s1. The summed E-state index contributed by atoms with van der Waals surface area (Å²) in [5.41, 5.74) is 7.76. The number of H-pyrrole nitrogens is 2. The van der Waals surface area contributed by atoms with E-state index in [4.69, 9.17) is 14.7 Å². The van der Waals surface area contributed by atoms with Crippen molar-refractivity contribution in [3.05, 3.63) is 156 Å². The summed E-state index contributed by atoms with van der Waals surface area (Å²) in [5.74, 6) is 1.49. The van der Waals surface area contributed by atoms with Gasteiger partial charge in [-0.1, -0.05) is 109 Å². The first kappa shape index (κ1) is 37.6. The molecule has 5 aromatic carbocycles. The monoisotopic (exact) mass is 783 g/mol. The molecule has 0 saturated carbocycles. The molecule has 0 bridgehead atoms. The van der Waals surface area contributed by atoms with E-state index in [1.54, 1.807) is 4.90 Å². The van der Waals surface area contributed by atoms with E-state index in [1.807, 2.05) is 78.0 Å². The number of aromatic amines is 2. The van der Waals surface area contributed by atoms with Crippen molar-refractivity contribution in [1.29, 1.82) is 0 Å². The summed E-state index contributed by atoms with van der Waals surface area (Å²) in [6, 6.07) is 39.3. The SMILES string of the molecule is COC(=O)NC(C(=O)N1CCC[C@H]1c1ncc(-c2ccc(-c3ccc4cc(-c5cnc([C@@H]6CCCN6C(=O)Cc6ccccc6)[nH]5)ccc4c3)cc2)[nH]1)c1ccccc1. The maximum Gasteiger partial charge on any atom is 0.407 e. The van der Waals surface area contributed by atoms with Crippen LogP contribution in [0.25, 0.3) is 44.4 Å². The number of carbonyl (C=O) groups is 3. The minimum atomic E-state index is -0.870. The van der Waals surface area contributed by atoms with Gasteiger partial charge in [0, 0.05) is 18.7 Å². The molecule has 3 N–H and O–H groups in total. The molecule has 59 heavy (non-hydrogen) atoms. The average Bonchev–Trinajstić information content (AvgIpc) is 4.13. The Morgan fingerprint density at radius 3 is 1.88 bits per heavy atom. The minimum Gasteiger partial charge on any atom is -0.453 e. The second-order valence-electron chi connectivity index (χ2n) is 15.3. The van der Waals surface area contributed by atoms with Gasteiger partial charge in [0.15, 0.2) is 0 Å². The van der Waals surface area contributed by atoms with E-state index in [1.165, 1.54) is 7.11 Å². The normalized spacial score (nSPS) is 17.0. The highest BCUT2D eigenvalue weighted by Gasteiger charge is 2.37. The van der Waals surface area contributed by atoms with Crippen molar-refractivity contribution in [3.63, 3.8) is 0 Å². The topological polar surface area (TPSA) is 136 Å². The lowest BCUT2D eigenvalue weighted by molar-refractivity contribution is -0.134. The molecule has 11 heteroatoms. The predicted octanol–water partition coefficient (Wildman–Crippen LogP) is 8.95. The second kappa shape index (κ2) is 16.5. The fourth-order valence-electron chi connectivity index (χ4n) is 8.55. The van der Waals surface area contributed by atoms with Gasteiger partial charge in [0.1, 0.15) is 17.7 Å². The Morgan fingerprint density at radius 1 is 0.678 bits per heavy atom. The van der Waals surface area contributed by atoms with Crippen LogP contribution in [0.5, 0.6) is 0 Å². The van der Waals surface area contributed by atoms with Crippen LogP contribution in [0.4, 0.5) is 4.79 Å². The average molecular weight is 784 g/mol. The number of carbonyl (C=O) groups excluding carboxylic acids is 3. The highest BCUT2D eigenvalue weighted by molar-refractivity contribution is 5.91. The van der Waals surface area contributed by atoms with Gasteiger partial charge in [-0.05, 0) is 76.4 Å². The van der Waals surface area contributed by atoms with Crippen LogP contribution in [0.2, 0.25) is 0 Å². The largest absolute Gasteiger partial charge is 0.453 e. The number of likely N-dealkylation sites (tertiary alicyclic amines) is 2. The van der Waals surface area contributed by atoms with Crippen LogP contribution in [-0.4, -0.2) is 67.8 Å². The fraction of sp³-hybridized carbons (Fsp3) is 0.229. The van der Waals surface area contributed by atoms with E-state index in [0.717, 1.165) is 93.9 Å². The molecule has 2 fully saturated rings. The molecular weight excluding hydrogens is 739 g/mol. The van der Waals surface area contributed by atoms with Gasteiger partial charge in [-0.2, -0.15) is 0 Å². The summed E-state index contributed by atoms with van der Waals surface area (Å²) in [7, 11) is 1.29. The lowest BCUT2D eigenvalue weighted by Crippen LogP contribution is -2.42. The van der Waals surface area contributed by atoms with Crippen molar-refractivity contribution in [1.82, 2.24) is 35.1 Å². The van der Waals surface area contributed by atoms with Crippen LogP contribution >= 0.6 is 0 Å². The highest BCUT2D eigenvalue weighted by atomic mass is 16.5. The summed E-state index contributed by atoms with van der Waals surface area (Å²) in [4.78, 5) is 59.6. The van der Waals surface area contributed by atoms with Crippen LogP contribution in [0.1, 0.15) is 66.6 Å². The van der Waals surface area contributed by atoms with Crippen molar-refractivity contribution in [2.75, 3.05) is 20.2 Å². The van der Waals surface area contributed by atoms with Gasteiger partial charge in [0.25, 0.3) is 5.91 Å². The zero-order valence-corrected chi connectivity index (χ0v) is 32.8. The zero-order chi connectivity index (χ0) is 40.3. The number of nitrogens with one attached hydrogen (secondary N) is 3. The Bertz CT molecular complexity index is 2600. The smallest absolute Gasteiger partial charge is 0.407 e. The maximum absolute atomic E-state index is 13.9. The molecule has 0 spiro atoms. The first-order valence-electron chi connectivity index (χ1n) is 20.2. The molecule has 3 amide bonds. The number of rotatable bonds is 10. The Balaban J connectivity index is 0.871. The lowest BCUT2D eigenvalue weighted by Gasteiger charge is -2.28. The number of hydrogen-bond acceptors (Lipinski definition) is 6. The van der Waals surface area contributed by atoms with Crippen LogP contribution in [0.15, 0.2) is 134 Å². The number of nitrogens with zero attached hydrogens (tertiary/aromatic N) is 4. The van der Waals surface area contributed by atoms with Gasteiger partial charge in [-0.25, -0.2) is 14.8 Å². The quantitative estimate of drug-likeness (QED) is 0.127. The van der Waals surface area contributed by atoms with Crippen molar-refractivity contribution in [3.8, 4) is 33.6 Å². The molecule has 11 nitrogen and oxygen atoms in total. The zero-order valence-electron chi connectivity index (χ0n) is 32.8. The van der Waals surface area contributed by atoms with E-state index in [2.05, 4.69) is 75.9 Å². The van der Waals surface area contributed by atoms with Gasteiger partial charge < -0.3 is 29.8 Å². The summed E-state index contributed by atoms with van der Waals surface area (Å²) in [5, 5.41) is 4.98. The molecule has 2 saturated heterocycles. The van der Waals surface area contributed by atoms with Gasteiger partial charge in [-0.15, -0.1) is 0 Å². The molecule has 9 rings (SSSR count). The van der Waals surface area contributed by atoms with Crippen LogP contribution in [-0.2, 0) is 20.7 Å². The van der Waals surface area contributed by atoms with Crippen molar-refractivity contribution >= 4 is 28.7 Å². The number of fused-ring (bicyclic) bond motifs is 1. The van der Waals surface area contributed by atoms with Crippen molar-refractivity contribution < 1.29 is 19.1 Å². The first-order valence-corrected chi connectivity index (χ1v) is 20.2. The van der Waals surface area contributed by atoms with Gasteiger partial charge >= 0.3 is 6.09 Å². The van der Waals surface area contributed by atoms with E-state index < -0.39 is 12.1 Å². The molecule has 2 aromatic heterocycles. The summed E-state index contributed by atoms with van der Waals surface area (Å²) in [6.45, 7) is 1.31. The molecule has 296 valence electrons. The molecule has 2 aliphatic heterocycles. The van der Waals surface area contributed by atoms with Crippen LogP contribution in [0, 0.1) is 0 Å². The molecule has 0 aliphatic carbocycles. The number of ether oxygens (including phenoxy) is 1. The molecule has 4 heterocycles. The van der Waals surface area contributed by atoms with Crippen molar-refractivity contribution in [2.45, 2.75) is 50.2 Å². The van der Waals surface area contributed by atoms with Crippen LogP contribution < -0.4 is 5.32 Å². The summed E-state index contributed by atoms with van der Waals surface area (Å²) in [6.07, 6.45) is 6.89. The number of methoxy groups -OCH3 is 1. The van der Waals surface area contributed by atoms with Crippen LogP contribution in [0.3, 0.4) is 0 Å². The Kier molecular flexibility index (Phi) is 10.5. The summed E-state index contributed by atoms with van der Waals surface area (Å²) < 4.78 is 4.84. The number of alkyl carbamates (subject to hydrolysis) is 1. The predicted molar refractivity (Wildman–Crippen MR) is 227 cm³/mol. The van der Waals surface area contributed by atoms with Crippen molar-refractivity contribution in [2.24, 2.45) is 0 Å².